The molecular formula is C13H20Cl2N2. The van der Waals surface area contributed by atoms with E-state index in [0.717, 1.165) is 36.5 Å². The Bertz CT molecular complexity index is 342. The van der Waals surface area contributed by atoms with Crippen LogP contribution in [0.1, 0.15) is 30.0 Å². The smallest absolute Gasteiger partial charge is 0.0456 e. The zero-order chi connectivity index (χ0) is 11.5. The first-order valence-electron chi connectivity index (χ1n) is 5.91. The van der Waals surface area contributed by atoms with Crippen molar-refractivity contribution in [1.82, 2.24) is 5.32 Å². The van der Waals surface area contributed by atoms with E-state index in [4.69, 9.17) is 17.3 Å². The zero-order valence-electron chi connectivity index (χ0n) is 10.1. The molecule has 17 heavy (non-hydrogen) atoms. The van der Waals surface area contributed by atoms with Crippen molar-refractivity contribution in [2.45, 2.75) is 25.8 Å². The molecule has 0 unspecified atom stereocenters. The molecule has 2 rings (SSSR count). The Morgan fingerprint density at radius 3 is 2.59 bits per heavy atom. The molecule has 3 N–H and O–H groups in total. The van der Waals surface area contributed by atoms with Crippen molar-refractivity contribution in [3.05, 3.63) is 34.3 Å². The van der Waals surface area contributed by atoms with E-state index < -0.39 is 0 Å². The highest BCUT2D eigenvalue weighted by Gasteiger charge is 2.24. The van der Waals surface area contributed by atoms with Gasteiger partial charge in [-0.25, -0.2) is 0 Å². The number of nitrogens with one attached hydrogen (secondary N) is 1. The Kier molecular flexibility index (Phi) is 5.74. The number of hydrogen-bond acceptors (Lipinski definition) is 2. The summed E-state index contributed by atoms with van der Waals surface area (Å²) in [4.78, 5) is 0. The Labute approximate surface area is 114 Å². The van der Waals surface area contributed by atoms with Crippen LogP contribution in [0, 0.1) is 12.8 Å². The zero-order valence-corrected chi connectivity index (χ0v) is 11.7. The SMILES string of the molecule is Cc1cccc(Cl)c1[C@H](N)C1CCNCC1.Cl. The predicted molar refractivity (Wildman–Crippen MR) is 76.0 cm³/mol. The molecule has 1 aromatic carbocycles. The third kappa shape index (κ3) is 3.35. The van der Waals surface area contributed by atoms with Gasteiger partial charge in [0.05, 0.1) is 0 Å². The molecule has 4 heteroatoms. The normalized spacial score (nSPS) is 18.5. The first kappa shape index (κ1) is 14.8. The summed E-state index contributed by atoms with van der Waals surface area (Å²) < 4.78 is 0. The van der Waals surface area contributed by atoms with Crippen LogP contribution in [0.4, 0.5) is 0 Å². The monoisotopic (exact) mass is 274 g/mol. The van der Waals surface area contributed by atoms with E-state index in [1.54, 1.807) is 0 Å². The van der Waals surface area contributed by atoms with Gasteiger partial charge >= 0.3 is 0 Å². The summed E-state index contributed by atoms with van der Waals surface area (Å²) in [6, 6.07) is 6.08. The second kappa shape index (κ2) is 6.60. The van der Waals surface area contributed by atoms with E-state index >= 15 is 0 Å². The quantitative estimate of drug-likeness (QED) is 0.870. The fraction of sp³-hybridized carbons (Fsp3) is 0.538. The van der Waals surface area contributed by atoms with Crippen molar-refractivity contribution in [3.63, 3.8) is 0 Å². The minimum Gasteiger partial charge on any atom is -0.324 e. The highest BCUT2D eigenvalue weighted by atomic mass is 35.5. The Balaban J connectivity index is 0.00000144. The Morgan fingerprint density at radius 1 is 1.35 bits per heavy atom. The molecule has 2 nitrogen and oxygen atoms in total. The van der Waals surface area contributed by atoms with Gasteiger partial charge in [-0.15, -0.1) is 12.4 Å². The van der Waals surface area contributed by atoms with Gasteiger partial charge in [-0.1, -0.05) is 23.7 Å². The number of nitrogens with two attached hydrogens (primary N) is 1. The molecule has 0 spiro atoms. The van der Waals surface area contributed by atoms with Gasteiger partial charge in [0, 0.05) is 11.1 Å². The van der Waals surface area contributed by atoms with Gasteiger partial charge in [-0.2, -0.15) is 0 Å². The molecule has 96 valence electrons. The lowest BCUT2D eigenvalue weighted by Crippen LogP contribution is -2.34. The molecule has 0 amide bonds. The first-order valence-corrected chi connectivity index (χ1v) is 6.29. The molecular weight excluding hydrogens is 255 g/mol. The van der Waals surface area contributed by atoms with E-state index in [9.17, 15) is 0 Å². The Hall–Kier alpha value is -0.280. The van der Waals surface area contributed by atoms with Crippen LogP contribution in [0.15, 0.2) is 18.2 Å². The maximum absolute atomic E-state index is 6.36. The third-order valence-corrected chi connectivity index (χ3v) is 3.83. The van der Waals surface area contributed by atoms with Crippen molar-refractivity contribution in [2.75, 3.05) is 13.1 Å². The average Bonchev–Trinajstić information content (AvgIpc) is 2.30. The molecule has 0 bridgehead atoms. The molecule has 0 aliphatic carbocycles. The van der Waals surface area contributed by atoms with Crippen LogP contribution >= 0.6 is 24.0 Å². The summed E-state index contributed by atoms with van der Waals surface area (Å²) in [6.07, 6.45) is 2.29. The maximum atomic E-state index is 6.36. The number of benzene rings is 1. The maximum Gasteiger partial charge on any atom is 0.0456 e. The van der Waals surface area contributed by atoms with Crippen molar-refractivity contribution in [1.29, 1.82) is 0 Å². The molecule has 1 fully saturated rings. The number of aryl methyl sites for hydroxylation is 1. The molecule has 0 aromatic heterocycles. The minimum atomic E-state index is 0. The molecule has 1 aromatic rings. The minimum absolute atomic E-state index is 0. The summed E-state index contributed by atoms with van der Waals surface area (Å²) in [5.74, 6) is 0.555. The van der Waals surface area contributed by atoms with Gasteiger partial charge in [0.1, 0.15) is 0 Å². The van der Waals surface area contributed by atoms with Crippen LogP contribution in [0.2, 0.25) is 5.02 Å². The van der Waals surface area contributed by atoms with Crippen LogP contribution in [-0.2, 0) is 0 Å². The molecule has 0 radical (unpaired) electrons. The van der Waals surface area contributed by atoms with Gasteiger partial charge in [0.2, 0.25) is 0 Å². The van der Waals surface area contributed by atoms with E-state index in [1.165, 1.54) is 5.56 Å². The summed E-state index contributed by atoms with van der Waals surface area (Å²) in [7, 11) is 0. The van der Waals surface area contributed by atoms with Crippen LogP contribution in [0.3, 0.4) is 0 Å². The number of hydrogen-bond donors (Lipinski definition) is 2. The molecule has 0 saturated carbocycles. The lowest BCUT2D eigenvalue weighted by Gasteiger charge is -2.29. The van der Waals surface area contributed by atoms with Crippen molar-refractivity contribution in [2.24, 2.45) is 11.7 Å². The highest BCUT2D eigenvalue weighted by Crippen LogP contribution is 2.33. The van der Waals surface area contributed by atoms with E-state index in [1.807, 2.05) is 12.1 Å². The summed E-state index contributed by atoms with van der Waals surface area (Å²) in [6.45, 7) is 4.23. The third-order valence-electron chi connectivity index (χ3n) is 3.50. The van der Waals surface area contributed by atoms with Gasteiger partial charge in [0.15, 0.2) is 0 Å². The molecule has 1 heterocycles. The second-order valence-electron chi connectivity index (χ2n) is 4.58. The average molecular weight is 275 g/mol. The van der Waals surface area contributed by atoms with E-state index in [-0.39, 0.29) is 18.4 Å². The molecule has 1 atom stereocenters. The first-order chi connectivity index (χ1) is 7.70. The van der Waals surface area contributed by atoms with Crippen LogP contribution in [-0.4, -0.2) is 13.1 Å². The highest BCUT2D eigenvalue weighted by molar-refractivity contribution is 6.31. The van der Waals surface area contributed by atoms with E-state index in [2.05, 4.69) is 18.3 Å². The number of rotatable bonds is 2. The van der Waals surface area contributed by atoms with Crippen LogP contribution in [0.5, 0.6) is 0 Å². The van der Waals surface area contributed by atoms with Gasteiger partial charge < -0.3 is 11.1 Å². The summed E-state index contributed by atoms with van der Waals surface area (Å²) in [5, 5.41) is 4.17. The summed E-state index contributed by atoms with van der Waals surface area (Å²) >= 11 is 6.25. The van der Waals surface area contributed by atoms with E-state index in [0.29, 0.717) is 5.92 Å². The topological polar surface area (TPSA) is 38.0 Å². The molecule has 1 aliphatic rings. The molecule has 1 saturated heterocycles. The van der Waals surface area contributed by atoms with Gasteiger partial charge in [-0.3, -0.25) is 0 Å². The lowest BCUT2D eigenvalue weighted by molar-refractivity contribution is 0.321. The number of halogens is 2. The van der Waals surface area contributed by atoms with Gasteiger partial charge in [-0.05, 0) is 56.0 Å². The largest absolute Gasteiger partial charge is 0.324 e. The predicted octanol–water partition coefficient (Wildman–Crippen LogP) is 3.07. The fourth-order valence-electron chi connectivity index (χ4n) is 2.51. The molecule has 1 aliphatic heterocycles. The van der Waals surface area contributed by atoms with Crippen molar-refractivity contribution < 1.29 is 0 Å². The van der Waals surface area contributed by atoms with Crippen molar-refractivity contribution >= 4 is 24.0 Å². The van der Waals surface area contributed by atoms with Gasteiger partial charge in [0.25, 0.3) is 0 Å². The van der Waals surface area contributed by atoms with Crippen LogP contribution in [0.25, 0.3) is 0 Å². The number of piperidine rings is 1. The fourth-order valence-corrected chi connectivity index (χ4v) is 2.85. The lowest BCUT2D eigenvalue weighted by atomic mass is 9.85. The standard InChI is InChI=1S/C13H19ClN2.ClH/c1-9-3-2-4-11(14)12(9)13(15)10-5-7-16-8-6-10;/h2-4,10,13,16H,5-8,15H2,1H3;1H/t13-;/m1./s1. The summed E-state index contributed by atoms with van der Waals surface area (Å²) in [5.41, 5.74) is 8.70. The second-order valence-corrected chi connectivity index (χ2v) is 4.99. The van der Waals surface area contributed by atoms with Crippen molar-refractivity contribution in [3.8, 4) is 0 Å². The Morgan fingerprint density at radius 2 is 2.00 bits per heavy atom. The van der Waals surface area contributed by atoms with Crippen LogP contribution < -0.4 is 11.1 Å².